The lowest BCUT2D eigenvalue weighted by molar-refractivity contribution is -0.138. The molecule has 0 spiro atoms. The predicted octanol–water partition coefficient (Wildman–Crippen LogP) is 4.62. The maximum absolute atomic E-state index is 13.0. The molecule has 0 aliphatic carbocycles. The first-order valence-corrected chi connectivity index (χ1v) is 9.02. The van der Waals surface area contributed by atoms with Gasteiger partial charge in [0.1, 0.15) is 11.9 Å². The van der Waals surface area contributed by atoms with Crippen LogP contribution in [0.1, 0.15) is 35.5 Å². The van der Waals surface area contributed by atoms with Crippen molar-refractivity contribution in [3.05, 3.63) is 56.0 Å². The standard InChI is InChI=1S/C16H12Br2F3N3O2/c1-2-11-12(13(25)7-3-9(17)14(26)10(18)4-7)24-6-8(16(19,20)21)5-22-15(24)23-11/h3-6,13,25-26H,2H2,1H3. The number of fused-ring (bicyclic) bond motifs is 1. The van der Waals surface area contributed by atoms with Gasteiger partial charge in [-0.3, -0.25) is 4.40 Å². The first-order chi connectivity index (χ1) is 12.1. The van der Waals surface area contributed by atoms with Crippen LogP contribution in [0.25, 0.3) is 5.78 Å². The smallest absolute Gasteiger partial charge is 0.419 e. The van der Waals surface area contributed by atoms with E-state index < -0.39 is 17.8 Å². The van der Waals surface area contributed by atoms with Crippen molar-refractivity contribution in [2.24, 2.45) is 0 Å². The summed E-state index contributed by atoms with van der Waals surface area (Å²) < 4.78 is 40.9. The summed E-state index contributed by atoms with van der Waals surface area (Å²) in [5.74, 6) is 0.0247. The molecule has 3 rings (SSSR count). The van der Waals surface area contributed by atoms with E-state index in [1.165, 1.54) is 12.1 Å². The number of aryl methyl sites for hydroxylation is 1. The fraction of sp³-hybridized carbons (Fsp3) is 0.250. The Hall–Kier alpha value is -1.65. The molecular weight excluding hydrogens is 483 g/mol. The van der Waals surface area contributed by atoms with Gasteiger partial charge >= 0.3 is 6.18 Å². The molecule has 0 saturated heterocycles. The molecule has 0 amide bonds. The van der Waals surface area contributed by atoms with Crippen LogP contribution in [0.4, 0.5) is 13.2 Å². The van der Waals surface area contributed by atoms with E-state index in [0.717, 1.165) is 10.6 Å². The molecule has 10 heteroatoms. The van der Waals surface area contributed by atoms with Gasteiger partial charge in [0, 0.05) is 12.4 Å². The number of phenolic OH excluding ortho intramolecular Hbond substituents is 1. The van der Waals surface area contributed by atoms with Gasteiger partial charge < -0.3 is 10.2 Å². The summed E-state index contributed by atoms with van der Waals surface area (Å²) in [6.45, 7) is 1.78. The van der Waals surface area contributed by atoms with E-state index in [2.05, 4.69) is 41.8 Å². The maximum Gasteiger partial charge on any atom is 0.419 e. The van der Waals surface area contributed by atoms with Crippen LogP contribution in [0.2, 0.25) is 0 Å². The third kappa shape index (κ3) is 3.33. The van der Waals surface area contributed by atoms with E-state index in [-0.39, 0.29) is 17.2 Å². The molecule has 1 aromatic carbocycles. The molecule has 2 N–H and O–H groups in total. The number of phenols is 1. The Morgan fingerprint density at radius 2 is 1.85 bits per heavy atom. The number of aromatic hydroxyl groups is 1. The van der Waals surface area contributed by atoms with Crippen molar-refractivity contribution in [1.29, 1.82) is 0 Å². The first kappa shape index (κ1) is 19.1. The lowest BCUT2D eigenvalue weighted by Crippen LogP contribution is -2.11. The third-order valence-corrected chi connectivity index (χ3v) is 5.08. The van der Waals surface area contributed by atoms with Gasteiger partial charge in [0.25, 0.3) is 0 Å². The Kier molecular flexibility index (Phi) is 5.02. The van der Waals surface area contributed by atoms with E-state index >= 15 is 0 Å². The van der Waals surface area contributed by atoms with Crippen molar-refractivity contribution < 1.29 is 23.4 Å². The van der Waals surface area contributed by atoms with Crippen LogP contribution in [0.15, 0.2) is 33.5 Å². The van der Waals surface area contributed by atoms with Crippen LogP contribution in [0.3, 0.4) is 0 Å². The van der Waals surface area contributed by atoms with Crippen molar-refractivity contribution in [3.63, 3.8) is 0 Å². The van der Waals surface area contributed by atoms with Crippen LogP contribution < -0.4 is 0 Å². The van der Waals surface area contributed by atoms with Gasteiger partial charge in [-0.15, -0.1) is 0 Å². The number of hydrogen-bond acceptors (Lipinski definition) is 4. The number of aromatic nitrogens is 3. The summed E-state index contributed by atoms with van der Waals surface area (Å²) in [5, 5.41) is 20.6. The van der Waals surface area contributed by atoms with E-state index in [1.54, 1.807) is 6.92 Å². The topological polar surface area (TPSA) is 70.7 Å². The van der Waals surface area contributed by atoms with E-state index in [4.69, 9.17) is 0 Å². The predicted molar refractivity (Wildman–Crippen MR) is 94.9 cm³/mol. The van der Waals surface area contributed by atoms with Crippen molar-refractivity contribution in [1.82, 2.24) is 14.4 Å². The highest BCUT2D eigenvalue weighted by molar-refractivity contribution is 9.11. The minimum Gasteiger partial charge on any atom is -0.506 e. The average Bonchev–Trinajstić information content (AvgIpc) is 2.95. The Labute approximate surface area is 162 Å². The van der Waals surface area contributed by atoms with Crippen LogP contribution in [-0.4, -0.2) is 24.6 Å². The average molecular weight is 495 g/mol. The zero-order chi connectivity index (χ0) is 19.2. The lowest BCUT2D eigenvalue weighted by Gasteiger charge is -2.15. The fourth-order valence-corrected chi connectivity index (χ4v) is 3.82. The number of imidazole rings is 1. The number of nitrogens with zero attached hydrogens (tertiary/aromatic N) is 3. The van der Waals surface area contributed by atoms with Crippen molar-refractivity contribution in [2.75, 3.05) is 0 Å². The highest BCUT2D eigenvalue weighted by atomic mass is 79.9. The Balaban J connectivity index is 2.22. The first-order valence-electron chi connectivity index (χ1n) is 7.43. The summed E-state index contributed by atoms with van der Waals surface area (Å²) in [4.78, 5) is 7.98. The zero-order valence-corrected chi connectivity index (χ0v) is 16.4. The summed E-state index contributed by atoms with van der Waals surface area (Å²) in [6.07, 6.45) is -3.84. The van der Waals surface area contributed by atoms with E-state index in [1.807, 2.05) is 0 Å². The molecule has 0 fully saturated rings. The SMILES string of the molecule is CCc1nc2ncc(C(F)(F)F)cn2c1C(O)c1cc(Br)c(O)c(Br)c1. The normalized spacial score (nSPS) is 13.3. The molecule has 2 heterocycles. The number of aliphatic hydroxyl groups is 1. The molecule has 5 nitrogen and oxygen atoms in total. The van der Waals surface area contributed by atoms with Gasteiger partial charge in [0.05, 0.1) is 25.9 Å². The molecule has 3 aromatic rings. The van der Waals surface area contributed by atoms with E-state index in [9.17, 15) is 23.4 Å². The van der Waals surface area contributed by atoms with Crippen LogP contribution in [-0.2, 0) is 12.6 Å². The molecule has 2 aromatic heterocycles. The second kappa shape index (κ2) is 6.82. The number of alkyl halides is 3. The minimum absolute atomic E-state index is 0.0455. The molecule has 138 valence electrons. The quantitative estimate of drug-likeness (QED) is 0.557. The van der Waals surface area contributed by atoms with Gasteiger partial charge in [-0.25, -0.2) is 9.97 Å². The number of aliphatic hydroxyl groups excluding tert-OH is 1. The zero-order valence-electron chi connectivity index (χ0n) is 13.2. The monoisotopic (exact) mass is 493 g/mol. The lowest BCUT2D eigenvalue weighted by atomic mass is 10.0. The summed E-state index contributed by atoms with van der Waals surface area (Å²) in [6, 6.07) is 2.98. The van der Waals surface area contributed by atoms with Gasteiger partial charge in [-0.1, -0.05) is 6.92 Å². The molecule has 0 aliphatic heterocycles. The largest absolute Gasteiger partial charge is 0.506 e. The molecular formula is C16H12Br2F3N3O2. The fourth-order valence-electron chi connectivity index (χ4n) is 2.59. The second-order valence-corrected chi connectivity index (χ2v) is 7.25. The highest BCUT2D eigenvalue weighted by Crippen LogP contribution is 2.37. The molecule has 0 saturated carbocycles. The number of benzene rings is 1. The Morgan fingerprint density at radius 1 is 1.23 bits per heavy atom. The minimum atomic E-state index is -4.56. The number of hydrogen-bond donors (Lipinski definition) is 2. The van der Waals surface area contributed by atoms with Gasteiger partial charge in [0.2, 0.25) is 5.78 Å². The molecule has 0 bridgehead atoms. The summed E-state index contributed by atoms with van der Waals surface area (Å²) >= 11 is 6.35. The Morgan fingerprint density at radius 3 is 2.38 bits per heavy atom. The Bertz CT molecular complexity index is 966. The summed E-state index contributed by atoms with van der Waals surface area (Å²) in [7, 11) is 0. The van der Waals surface area contributed by atoms with Crippen molar-refractivity contribution >= 4 is 37.6 Å². The highest BCUT2D eigenvalue weighted by Gasteiger charge is 2.32. The van der Waals surface area contributed by atoms with Crippen LogP contribution >= 0.6 is 31.9 Å². The van der Waals surface area contributed by atoms with Crippen molar-refractivity contribution in [3.8, 4) is 5.75 Å². The second-order valence-electron chi connectivity index (χ2n) is 5.54. The van der Waals surface area contributed by atoms with Crippen LogP contribution in [0, 0.1) is 0 Å². The molecule has 1 atom stereocenters. The molecule has 0 aliphatic rings. The molecule has 1 unspecified atom stereocenters. The maximum atomic E-state index is 13.0. The third-order valence-electron chi connectivity index (χ3n) is 3.87. The molecule has 26 heavy (non-hydrogen) atoms. The number of rotatable bonds is 3. The number of halogens is 5. The van der Waals surface area contributed by atoms with Crippen molar-refractivity contribution in [2.45, 2.75) is 25.6 Å². The van der Waals surface area contributed by atoms with Crippen LogP contribution in [0.5, 0.6) is 5.75 Å². The van der Waals surface area contributed by atoms with Gasteiger partial charge in [-0.05, 0) is 56.0 Å². The van der Waals surface area contributed by atoms with Gasteiger partial charge in [0.15, 0.2) is 0 Å². The summed E-state index contributed by atoms with van der Waals surface area (Å²) in [5.41, 5.74) is 0.0669. The molecule has 0 radical (unpaired) electrons. The van der Waals surface area contributed by atoms with E-state index in [0.29, 0.717) is 32.8 Å². The van der Waals surface area contributed by atoms with Gasteiger partial charge in [-0.2, -0.15) is 13.2 Å².